The van der Waals surface area contributed by atoms with E-state index in [9.17, 15) is 10.1 Å². The molecule has 3 N–H and O–H groups in total. The van der Waals surface area contributed by atoms with Gasteiger partial charge in [0.15, 0.2) is 0 Å². The van der Waals surface area contributed by atoms with Gasteiger partial charge in [0.05, 0.1) is 41.6 Å². The molecule has 3 aromatic heterocycles. The van der Waals surface area contributed by atoms with Crippen LogP contribution in [0.3, 0.4) is 0 Å². The number of hydrogen-bond acceptors (Lipinski definition) is 10. The fourth-order valence-electron chi connectivity index (χ4n) is 4.03. The van der Waals surface area contributed by atoms with E-state index in [1.807, 2.05) is 55.5 Å². The lowest BCUT2D eigenvalue weighted by atomic mass is 10.1. The second kappa shape index (κ2) is 9.71. The number of hydrogen-bond donors (Lipinski definition) is 2. The summed E-state index contributed by atoms with van der Waals surface area (Å²) in [5, 5.41) is 13.1. The standard InChI is InChI=1S/C26H21N9O2/c1-15(32-23-16(12-27)13-29-26(28)34-23)24-33-19-10-6-9-18(20-11-21(37-2)31-14-30-20)22(19)25(36)35(24)17-7-4-3-5-8-17/h3-11,13-15H,1-2H3,(H3,28,29,32,34)/t15-/m1/s1. The fourth-order valence-corrected chi connectivity index (χ4v) is 4.03. The number of nitrogens with zero attached hydrogens (tertiary/aromatic N) is 7. The summed E-state index contributed by atoms with van der Waals surface area (Å²) in [7, 11) is 1.52. The molecule has 5 aromatic rings. The number of nitriles is 1. The quantitative estimate of drug-likeness (QED) is 0.361. The summed E-state index contributed by atoms with van der Waals surface area (Å²) < 4.78 is 6.79. The molecule has 0 saturated heterocycles. The zero-order valence-corrected chi connectivity index (χ0v) is 20.0. The van der Waals surface area contributed by atoms with E-state index in [-0.39, 0.29) is 22.9 Å². The molecule has 11 nitrogen and oxygen atoms in total. The highest BCUT2D eigenvalue weighted by atomic mass is 16.5. The average Bonchev–Trinajstić information content (AvgIpc) is 2.93. The maximum Gasteiger partial charge on any atom is 0.266 e. The van der Waals surface area contributed by atoms with Crippen LogP contribution in [0.2, 0.25) is 0 Å². The zero-order valence-electron chi connectivity index (χ0n) is 20.0. The molecule has 0 aliphatic rings. The van der Waals surface area contributed by atoms with Crippen LogP contribution in [0.1, 0.15) is 24.4 Å². The van der Waals surface area contributed by atoms with Crippen LogP contribution in [0.25, 0.3) is 27.8 Å². The van der Waals surface area contributed by atoms with Gasteiger partial charge in [-0.25, -0.2) is 19.9 Å². The van der Waals surface area contributed by atoms with Crippen molar-refractivity contribution in [2.24, 2.45) is 0 Å². The average molecular weight is 492 g/mol. The van der Waals surface area contributed by atoms with Crippen LogP contribution in [-0.2, 0) is 0 Å². The van der Waals surface area contributed by atoms with Crippen molar-refractivity contribution in [3.05, 3.63) is 88.9 Å². The SMILES string of the molecule is COc1cc(-c2cccc3nc([C@@H](C)Nc4nc(N)ncc4C#N)n(-c4ccccc4)c(=O)c23)ncn1. The highest BCUT2D eigenvalue weighted by molar-refractivity contribution is 5.93. The third-order valence-electron chi connectivity index (χ3n) is 5.73. The van der Waals surface area contributed by atoms with Crippen molar-refractivity contribution in [3.63, 3.8) is 0 Å². The number of benzene rings is 2. The van der Waals surface area contributed by atoms with Crippen LogP contribution in [0, 0.1) is 11.3 Å². The first-order chi connectivity index (χ1) is 18.0. The molecule has 0 amide bonds. The van der Waals surface area contributed by atoms with Crippen molar-refractivity contribution in [3.8, 4) is 28.9 Å². The van der Waals surface area contributed by atoms with E-state index in [4.69, 9.17) is 15.5 Å². The second-order valence-electron chi connectivity index (χ2n) is 8.06. The van der Waals surface area contributed by atoms with Crippen LogP contribution < -0.4 is 21.3 Å². The number of para-hydroxylation sites is 1. The van der Waals surface area contributed by atoms with Crippen LogP contribution in [0.4, 0.5) is 11.8 Å². The molecule has 11 heteroatoms. The van der Waals surface area contributed by atoms with Gasteiger partial charge in [-0.1, -0.05) is 30.3 Å². The topological polar surface area (TPSA) is 158 Å². The van der Waals surface area contributed by atoms with Crippen LogP contribution in [-0.4, -0.2) is 36.6 Å². The Hall–Kier alpha value is -5.37. The first-order valence-electron chi connectivity index (χ1n) is 11.3. The third kappa shape index (κ3) is 4.39. The lowest BCUT2D eigenvalue weighted by molar-refractivity contribution is 0.397. The van der Waals surface area contributed by atoms with E-state index >= 15 is 0 Å². The molecule has 5 rings (SSSR count). The van der Waals surface area contributed by atoms with Crippen LogP contribution >= 0.6 is 0 Å². The van der Waals surface area contributed by atoms with Crippen LogP contribution in [0.5, 0.6) is 5.88 Å². The number of aromatic nitrogens is 6. The molecule has 0 aliphatic carbocycles. The van der Waals surface area contributed by atoms with E-state index in [1.165, 1.54) is 19.6 Å². The van der Waals surface area contributed by atoms with Gasteiger partial charge in [0.25, 0.3) is 5.56 Å². The van der Waals surface area contributed by atoms with Crippen molar-refractivity contribution in [2.45, 2.75) is 13.0 Å². The molecule has 0 saturated carbocycles. The third-order valence-corrected chi connectivity index (χ3v) is 5.73. The summed E-state index contributed by atoms with van der Waals surface area (Å²) in [6.07, 6.45) is 2.73. The molecule has 182 valence electrons. The van der Waals surface area contributed by atoms with E-state index in [0.717, 1.165) is 0 Å². The molecule has 0 aliphatic heterocycles. The minimum atomic E-state index is -0.540. The summed E-state index contributed by atoms with van der Waals surface area (Å²) in [5.41, 5.74) is 7.93. The predicted octanol–water partition coefficient (Wildman–Crippen LogP) is 3.27. The molecule has 2 aromatic carbocycles. The number of nitrogens with one attached hydrogen (secondary N) is 1. The van der Waals surface area contributed by atoms with E-state index in [2.05, 4.69) is 25.3 Å². The normalized spacial score (nSPS) is 11.6. The number of rotatable bonds is 6. The van der Waals surface area contributed by atoms with E-state index < -0.39 is 6.04 Å². The maximum absolute atomic E-state index is 14.2. The number of methoxy groups -OCH3 is 1. The summed E-state index contributed by atoms with van der Waals surface area (Å²) in [5.74, 6) is 1.07. The number of ether oxygens (including phenoxy) is 1. The largest absolute Gasteiger partial charge is 0.481 e. The monoisotopic (exact) mass is 491 g/mol. The Bertz CT molecular complexity index is 1710. The summed E-state index contributed by atoms with van der Waals surface area (Å²) in [4.78, 5) is 35.5. The first-order valence-corrected chi connectivity index (χ1v) is 11.3. The molecule has 0 unspecified atom stereocenters. The van der Waals surface area contributed by atoms with Crippen LogP contribution in [0.15, 0.2) is 71.9 Å². The summed E-state index contributed by atoms with van der Waals surface area (Å²) in [6.45, 7) is 1.83. The molecular weight excluding hydrogens is 470 g/mol. The Morgan fingerprint density at radius 3 is 2.65 bits per heavy atom. The Labute approximate surface area is 211 Å². The lowest BCUT2D eigenvalue weighted by Gasteiger charge is -2.21. The number of fused-ring (bicyclic) bond motifs is 1. The Morgan fingerprint density at radius 2 is 1.89 bits per heavy atom. The van der Waals surface area contributed by atoms with Crippen molar-refractivity contribution in [2.75, 3.05) is 18.2 Å². The molecule has 1 atom stereocenters. The van der Waals surface area contributed by atoms with Gasteiger partial charge in [0.2, 0.25) is 11.8 Å². The fraction of sp³-hybridized carbons (Fsp3) is 0.115. The molecule has 0 radical (unpaired) electrons. The van der Waals surface area contributed by atoms with Gasteiger partial charge in [-0.2, -0.15) is 10.2 Å². The first kappa shape index (κ1) is 23.4. The smallest absolute Gasteiger partial charge is 0.266 e. The molecule has 0 bridgehead atoms. The van der Waals surface area contributed by atoms with Gasteiger partial charge in [-0.3, -0.25) is 9.36 Å². The second-order valence-corrected chi connectivity index (χ2v) is 8.06. The predicted molar refractivity (Wildman–Crippen MR) is 138 cm³/mol. The van der Waals surface area contributed by atoms with Crippen molar-refractivity contribution >= 4 is 22.7 Å². The lowest BCUT2D eigenvalue weighted by Crippen LogP contribution is -2.28. The Morgan fingerprint density at radius 1 is 1.08 bits per heavy atom. The minimum Gasteiger partial charge on any atom is -0.481 e. The molecule has 37 heavy (non-hydrogen) atoms. The molecule has 0 spiro atoms. The highest BCUT2D eigenvalue weighted by Crippen LogP contribution is 2.28. The van der Waals surface area contributed by atoms with Crippen molar-refractivity contribution in [1.82, 2.24) is 29.5 Å². The Kier molecular flexibility index (Phi) is 6.13. The molecular formula is C26H21N9O2. The van der Waals surface area contributed by atoms with Gasteiger partial charge < -0.3 is 15.8 Å². The summed E-state index contributed by atoms with van der Waals surface area (Å²) >= 11 is 0. The number of anilines is 2. The van der Waals surface area contributed by atoms with Gasteiger partial charge >= 0.3 is 0 Å². The van der Waals surface area contributed by atoms with Crippen molar-refractivity contribution in [1.29, 1.82) is 5.26 Å². The highest BCUT2D eigenvalue weighted by Gasteiger charge is 2.22. The number of nitrogen functional groups attached to an aromatic ring is 1. The van der Waals surface area contributed by atoms with Gasteiger partial charge in [-0.05, 0) is 25.1 Å². The molecule has 3 heterocycles. The van der Waals surface area contributed by atoms with Crippen molar-refractivity contribution < 1.29 is 4.74 Å². The maximum atomic E-state index is 14.2. The van der Waals surface area contributed by atoms with Gasteiger partial charge in [0.1, 0.15) is 29.6 Å². The van der Waals surface area contributed by atoms with E-state index in [1.54, 1.807) is 16.7 Å². The van der Waals surface area contributed by atoms with Gasteiger partial charge in [0, 0.05) is 11.6 Å². The summed E-state index contributed by atoms with van der Waals surface area (Å²) in [6, 6.07) is 17.8. The zero-order chi connectivity index (χ0) is 25.9. The minimum absolute atomic E-state index is 0.0190. The molecule has 0 fully saturated rings. The van der Waals surface area contributed by atoms with Gasteiger partial charge in [-0.15, -0.1) is 0 Å². The number of nitrogens with two attached hydrogens (primary N) is 1. The Balaban J connectivity index is 1.74. The van der Waals surface area contributed by atoms with E-state index in [0.29, 0.717) is 39.6 Å².